The van der Waals surface area contributed by atoms with Crippen molar-refractivity contribution in [2.45, 2.75) is 12.1 Å². The van der Waals surface area contributed by atoms with E-state index in [9.17, 15) is 19.5 Å². The predicted molar refractivity (Wildman–Crippen MR) is 64.7 cm³/mol. The lowest BCUT2D eigenvalue weighted by molar-refractivity contribution is -0.361. The lowest BCUT2D eigenvalue weighted by Crippen LogP contribution is -2.53. The number of carbonyl (C=O) groups is 3. The fourth-order valence-corrected chi connectivity index (χ4v) is 0.939. The normalized spacial score (nSPS) is 11.7. The van der Waals surface area contributed by atoms with Gasteiger partial charge < -0.3 is 24.4 Å². The smallest absolute Gasteiger partial charge is 0.415 e. The molecule has 20 heavy (non-hydrogen) atoms. The number of rotatable bonds is 8. The molecule has 0 radical (unpaired) electrons. The molecule has 0 heterocycles. The Morgan fingerprint density at radius 1 is 1.00 bits per heavy atom. The monoisotopic (exact) mass is 286 g/mol. The predicted octanol–water partition coefficient (Wildman–Crippen LogP) is -0.819. The van der Waals surface area contributed by atoms with Gasteiger partial charge in [0, 0.05) is 18.2 Å². The fourth-order valence-electron chi connectivity index (χ4n) is 0.939. The van der Waals surface area contributed by atoms with E-state index < -0.39 is 36.6 Å². The zero-order chi connectivity index (χ0) is 15.8. The van der Waals surface area contributed by atoms with Crippen LogP contribution in [-0.4, -0.2) is 46.8 Å². The zero-order valence-corrected chi connectivity index (χ0v) is 10.5. The highest BCUT2D eigenvalue weighted by molar-refractivity contribution is 5.84. The van der Waals surface area contributed by atoms with Crippen LogP contribution in [0.1, 0.15) is 0 Å². The SMILES string of the molecule is C=CC(=O)OC(CO)C(O)(OC(=O)C=C)OC(=O)C=C. The third-order valence-corrected chi connectivity index (χ3v) is 1.82. The second-order valence-corrected chi connectivity index (χ2v) is 3.19. The number of hydrogen-bond donors (Lipinski definition) is 2. The van der Waals surface area contributed by atoms with Crippen LogP contribution < -0.4 is 0 Å². The Hall–Kier alpha value is -2.45. The summed E-state index contributed by atoms with van der Waals surface area (Å²) in [6.07, 6.45) is 0.168. The van der Waals surface area contributed by atoms with E-state index >= 15 is 0 Å². The first kappa shape index (κ1) is 17.6. The van der Waals surface area contributed by atoms with Gasteiger partial charge in [-0.25, -0.2) is 14.4 Å². The van der Waals surface area contributed by atoms with Crippen LogP contribution in [0.3, 0.4) is 0 Å². The molecule has 8 heteroatoms. The largest absolute Gasteiger partial charge is 0.445 e. The Bertz CT molecular complexity index is 403. The number of aliphatic hydroxyl groups excluding tert-OH is 1. The van der Waals surface area contributed by atoms with Crippen molar-refractivity contribution < 1.29 is 38.8 Å². The van der Waals surface area contributed by atoms with Crippen LogP contribution in [0.5, 0.6) is 0 Å². The first-order chi connectivity index (χ1) is 9.32. The van der Waals surface area contributed by atoms with Gasteiger partial charge in [0.1, 0.15) is 0 Å². The second-order valence-electron chi connectivity index (χ2n) is 3.19. The Balaban J connectivity index is 5.32. The van der Waals surface area contributed by atoms with Crippen LogP contribution in [0.2, 0.25) is 0 Å². The van der Waals surface area contributed by atoms with Gasteiger partial charge in [-0.3, -0.25) is 0 Å². The maximum absolute atomic E-state index is 11.1. The molecular weight excluding hydrogens is 272 g/mol. The highest BCUT2D eigenvalue weighted by atomic mass is 16.9. The summed E-state index contributed by atoms with van der Waals surface area (Å²) in [5, 5.41) is 19.0. The molecule has 0 bridgehead atoms. The van der Waals surface area contributed by atoms with Crippen LogP contribution in [-0.2, 0) is 28.6 Å². The molecule has 0 aliphatic rings. The van der Waals surface area contributed by atoms with Crippen LogP contribution in [0.4, 0.5) is 0 Å². The molecule has 0 saturated heterocycles. The van der Waals surface area contributed by atoms with E-state index in [0.717, 1.165) is 6.08 Å². The van der Waals surface area contributed by atoms with Gasteiger partial charge in [0.2, 0.25) is 6.10 Å². The quantitative estimate of drug-likeness (QED) is 0.337. The van der Waals surface area contributed by atoms with Crippen molar-refractivity contribution in [2.75, 3.05) is 6.61 Å². The minimum Gasteiger partial charge on any atom is -0.445 e. The molecule has 2 N–H and O–H groups in total. The molecule has 0 spiro atoms. The van der Waals surface area contributed by atoms with Crippen molar-refractivity contribution in [2.24, 2.45) is 0 Å². The molecule has 0 saturated carbocycles. The Morgan fingerprint density at radius 2 is 1.40 bits per heavy atom. The molecule has 0 rings (SSSR count). The van der Waals surface area contributed by atoms with Gasteiger partial charge in [0.15, 0.2) is 0 Å². The zero-order valence-electron chi connectivity index (χ0n) is 10.5. The highest BCUT2D eigenvalue weighted by Gasteiger charge is 2.47. The van der Waals surface area contributed by atoms with Crippen molar-refractivity contribution in [3.05, 3.63) is 38.0 Å². The van der Waals surface area contributed by atoms with Crippen molar-refractivity contribution in [1.29, 1.82) is 0 Å². The van der Waals surface area contributed by atoms with Gasteiger partial charge in [-0.05, 0) is 0 Å². The molecule has 110 valence electrons. The molecule has 0 aliphatic carbocycles. The summed E-state index contributed by atoms with van der Waals surface area (Å²) in [6, 6.07) is 0. The molecule has 0 amide bonds. The number of carbonyl (C=O) groups excluding carboxylic acids is 3. The highest BCUT2D eigenvalue weighted by Crippen LogP contribution is 2.19. The lowest BCUT2D eigenvalue weighted by Gasteiger charge is -2.31. The lowest BCUT2D eigenvalue weighted by atomic mass is 10.3. The minimum absolute atomic E-state index is 0.663. The Morgan fingerprint density at radius 3 is 1.70 bits per heavy atom. The number of esters is 3. The van der Waals surface area contributed by atoms with Crippen molar-refractivity contribution in [3.8, 4) is 0 Å². The summed E-state index contributed by atoms with van der Waals surface area (Å²) >= 11 is 0. The summed E-state index contributed by atoms with van der Waals surface area (Å²) in [7, 11) is 0. The van der Waals surface area contributed by atoms with E-state index in [0.29, 0.717) is 12.2 Å². The Labute approximate surface area is 114 Å². The molecule has 0 aromatic heterocycles. The summed E-state index contributed by atoms with van der Waals surface area (Å²) in [5.41, 5.74) is 0. The molecule has 0 aromatic rings. The molecular formula is C12H14O8. The van der Waals surface area contributed by atoms with Gasteiger partial charge >= 0.3 is 23.9 Å². The van der Waals surface area contributed by atoms with Gasteiger partial charge in [0.25, 0.3) is 0 Å². The maximum Gasteiger partial charge on any atom is 0.415 e. The topological polar surface area (TPSA) is 119 Å². The van der Waals surface area contributed by atoms with Crippen molar-refractivity contribution >= 4 is 17.9 Å². The fraction of sp³-hybridized carbons (Fsp3) is 0.250. The van der Waals surface area contributed by atoms with E-state index in [1.165, 1.54) is 0 Å². The molecule has 0 aliphatic heterocycles. The first-order valence-electron chi connectivity index (χ1n) is 5.20. The van der Waals surface area contributed by atoms with Crippen LogP contribution in [0.15, 0.2) is 38.0 Å². The second kappa shape index (κ2) is 7.87. The summed E-state index contributed by atoms with van der Waals surface area (Å²) < 4.78 is 13.3. The molecule has 1 atom stereocenters. The summed E-state index contributed by atoms with van der Waals surface area (Å²) in [4.78, 5) is 33.3. The molecule has 1 unspecified atom stereocenters. The summed E-state index contributed by atoms with van der Waals surface area (Å²) in [6.45, 7) is 8.24. The van der Waals surface area contributed by atoms with Crippen LogP contribution in [0, 0.1) is 0 Å². The number of hydrogen-bond acceptors (Lipinski definition) is 8. The van der Waals surface area contributed by atoms with E-state index in [-0.39, 0.29) is 0 Å². The van der Waals surface area contributed by atoms with Gasteiger partial charge in [-0.1, -0.05) is 19.7 Å². The van der Waals surface area contributed by atoms with Gasteiger partial charge in [-0.2, -0.15) is 0 Å². The third kappa shape index (κ3) is 5.04. The average molecular weight is 286 g/mol. The number of aliphatic hydroxyl groups is 2. The van der Waals surface area contributed by atoms with E-state index in [2.05, 4.69) is 33.9 Å². The third-order valence-electron chi connectivity index (χ3n) is 1.82. The minimum atomic E-state index is -3.04. The van der Waals surface area contributed by atoms with E-state index in [1.807, 2.05) is 0 Å². The van der Waals surface area contributed by atoms with Gasteiger partial charge in [-0.15, -0.1) is 0 Å². The standard InChI is InChI=1S/C12H14O8/c1-4-9(14)18-8(7-13)12(17,19-10(15)5-2)20-11(16)6-3/h4-6,8,13,17H,1-3,7H2. The van der Waals surface area contributed by atoms with E-state index in [1.54, 1.807) is 0 Å². The van der Waals surface area contributed by atoms with Crippen molar-refractivity contribution in [1.82, 2.24) is 0 Å². The van der Waals surface area contributed by atoms with E-state index in [4.69, 9.17) is 5.11 Å². The molecule has 8 nitrogen and oxygen atoms in total. The number of ether oxygens (including phenoxy) is 3. The molecule has 0 fully saturated rings. The van der Waals surface area contributed by atoms with Crippen molar-refractivity contribution in [3.63, 3.8) is 0 Å². The summed E-state index contributed by atoms with van der Waals surface area (Å²) in [5.74, 6) is -6.45. The van der Waals surface area contributed by atoms with Crippen LogP contribution in [0.25, 0.3) is 0 Å². The maximum atomic E-state index is 11.1. The molecule has 0 aromatic carbocycles. The first-order valence-corrected chi connectivity index (χ1v) is 5.20. The van der Waals surface area contributed by atoms with Gasteiger partial charge in [0.05, 0.1) is 6.61 Å². The van der Waals surface area contributed by atoms with Crippen LogP contribution >= 0.6 is 0 Å². The Kier molecular flexibility index (Phi) is 6.91. The average Bonchev–Trinajstić information content (AvgIpc) is 2.43.